The van der Waals surface area contributed by atoms with E-state index in [1.807, 2.05) is 55.4 Å². The molecule has 6 amide bonds. The van der Waals surface area contributed by atoms with Crippen molar-refractivity contribution >= 4 is 35.4 Å². The van der Waals surface area contributed by atoms with Crippen LogP contribution >= 0.6 is 0 Å². The van der Waals surface area contributed by atoms with Gasteiger partial charge in [-0.05, 0) is 79.9 Å². The summed E-state index contributed by atoms with van der Waals surface area (Å²) in [6.07, 6.45) is 2.36. The zero-order chi connectivity index (χ0) is 42.3. The normalized spacial score (nSPS) is 25.7. The summed E-state index contributed by atoms with van der Waals surface area (Å²) in [7, 11) is 7.93. The number of benzene rings is 1. The predicted molar refractivity (Wildman–Crippen MR) is 217 cm³/mol. The topological polar surface area (TPSA) is 142 Å². The van der Waals surface area contributed by atoms with Crippen LogP contribution in [0.3, 0.4) is 0 Å². The Morgan fingerprint density at radius 1 is 0.500 bits per heavy atom. The number of rotatable bonds is 10. The van der Waals surface area contributed by atoms with Gasteiger partial charge in [0, 0.05) is 48.2 Å². The SMILES string of the molecule is CC(C)C[C@@H]1C(=O)N(C)[C@@H](CC(C)C)C(=O)N(C)[C@@H](CC(C)C)C(=O)N(C)[C@@H](CC(C)C)C(=O)N2CCC[C@@H]2C(=O)N(C)[C@@H](Cc2ccc(O)cc2)C(=O)N1C. The largest absolute Gasteiger partial charge is 0.508 e. The first kappa shape index (κ1) is 46.2. The van der Waals surface area contributed by atoms with Gasteiger partial charge in [-0.3, -0.25) is 28.8 Å². The molecule has 2 heterocycles. The fraction of sp³-hybridized carbons (Fsp3) is 0.721. The second-order valence-corrected chi connectivity index (χ2v) is 17.9. The second-order valence-electron chi connectivity index (χ2n) is 17.9. The molecule has 56 heavy (non-hydrogen) atoms. The molecule has 6 atom stereocenters. The fourth-order valence-corrected chi connectivity index (χ4v) is 8.15. The molecule has 3 rings (SSSR count). The summed E-state index contributed by atoms with van der Waals surface area (Å²) >= 11 is 0. The number of nitrogens with zero attached hydrogens (tertiary/aromatic N) is 6. The van der Waals surface area contributed by atoms with E-state index >= 15 is 0 Å². The zero-order valence-corrected chi connectivity index (χ0v) is 36.3. The van der Waals surface area contributed by atoms with Crippen LogP contribution in [0.5, 0.6) is 5.75 Å². The number of carbonyl (C=O) groups is 6. The van der Waals surface area contributed by atoms with Crippen molar-refractivity contribution in [2.75, 3.05) is 41.8 Å². The Kier molecular flexibility index (Phi) is 16.4. The molecular formula is C43H70N6O7. The standard InChI is InChI=1S/C43H70N6O7/c1-26(2)21-33-39(52)45(10)35(23-28(5)6)41(54)47(12)36(24-29(7)8)43(56)49-20-14-15-32(49)38(51)48(13)37(25-30-16-18-31(50)19-17-30)42(55)46(11)34(22-27(3)4)40(53)44(33)9/h16-19,26-29,32-37,50H,14-15,20-25H2,1-13H3/t32-,33+,34-,35+,36+,37+/m1/s1. The first-order chi connectivity index (χ1) is 26.1. The number of likely N-dealkylation sites (N-methyl/N-ethyl adjacent to an activating group) is 5. The quantitative estimate of drug-likeness (QED) is 0.374. The average Bonchev–Trinajstić information content (AvgIpc) is 3.63. The molecule has 1 N–H and O–H groups in total. The van der Waals surface area contributed by atoms with Crippen LogP contribution in [-0.4, -0.2) is 148 Å². The lowest BCUT2D eigenvalue weighted by Crippen LogP contribution is -2.62. The molecule has 0 unspecified atom stereocenters. The molecule has 13 heteroatoms. The molecule has 0 saturated carbocycles. The summed E-state index contributed by atoms with van der Waals surface area (Å²) in [5.41, 5.74) is 0.693. The summed E-state index contributed by atoms with van der Waals surface area (Å²) in [6, 6.07) is 0.782. The summed E-state index contributed by atoms with van der Waals surface area (Å²) in [6.45, 7) is 16.1. The highest BCUT2D eigenvalue weighted by Crippen LogP contribution is 2.28. The number of hydrogen-bond acceptors (Lipinski definition) is 7. The van der Waals surface area contributed by atoms with Crippen LogP contribution in [-0.2, 0) is 35.2 Å². The van der Waals surface area contributed by atoms with Gasteiger partial charge in [-0.25, -0.2) is 0 Å². The minimum atomic E-state index is -1.06. The van der Waals surface area contributed by atoms with Crippen molar-refractivity contribution < 1.29 is 33.9 Å². The van der Waals surface area contributed by atoms with E-state index in [9.17, 15) is 33.9 Å². The molecule has 314 valence electrons. The first-order valence-electron chi connectivity index (χ1n) is 20.5. The Bertz CT molecular complexity index is 1550. The molecule has 1 aromatic carbocycles. The number of aromatic hydroxyl groups is 1. The summed E-state index contributed by atoms with van der Waals surface area (Å²) in [4.78, 5) is 97.1. The van der Waals surface area contributed by atoms with Crippen LogP contribution in [0.4, 0.5) is 0 Å². The van der Waals surface area contributed by atoms with E-state index in [2.05, 4.69) is 0 Å². The van der Waals surface area contributed by atoms with Gasteiger partial charge in [0.2, 0.25) is 35.4 Å². The Morgan fingerprint density at radius 3 is 1.18 bits per heavy atom. The fourth-order valence-electron chi connectivity index (χ4n) is 8.15. The van der Waals surface area contributed by atoms with Crippen LogP contribution in [0, 0.1) is 23.7 Å². The maximum Gasteiger partial charge on any atom is 0.246 e. The molecule has 0 aliphatic carbocycles. The second kappa shape index (κ2) is 19.8. The molecular weight excluding hydrogens is 713 g/mol. The zero-order valence-electron chi connectivity index (χ0n) is 36.3. The van der Waals surface area contributed by atoms with Crippen LogP contribution < -0.4 is 0 Å². The van der Waals surface area contributed by atoms with Crippen LogP contribution in [0.2, 0.25) is 0 Å². The highest BCUT2D eigenvalue weighted by atomic mass is 16.3. The molecule has 0 radical (unpaired) electrons. The number of carbonyl (C=O) groups excluding carboxylic acids is 6. The molecule has 13 nitrogen and oxygen atoms in total. The van der Waals surface area contributed by atoms with Crippen molar-refractivity contribution in [2.45, 2.75) is 137 Å². The third-order valence-corrected chi connectivity index (χ3v) is 11.5. The average molecular weight is 783 g/mol. The molecule has 2 fully saturated rings. The Hall–Kier alpha value is -4.16. The maximum atomic E-state index is 14.9. The van der Waals surface area contributed by atoms with Crippen molar-refractivity contribution in [3.05, 3.63) is 29.8 Å². The highest BCUT2D eigenvalue weighted by molar-refractivity contribution is 5.98. The van der Waals surface area contributed by atoms with E-state index in [4.69, 9.17) is 0 Å². The van der Waals surface area contributed by atoms with Crippen LogP contribution in [0.25, 0.3) is 0 Å². The van der Waals surface area contributed by atoms with E-state index in [0.29, 0.717) is 50.6 Å². The maximum absolute atomic E-state index is 14.9. The van der Waals surface area contributed by atoms with Crippen LogP contribution in [0.1, 0.15) is 99.5 Å². The predicted octanol–water partition coefficient (Wildman–Crippen LogP) is 4.26. The highest BCUT2D eigenvalue weighted by Gasteiger charge is 2.46. The summed E-state index contributed by atoms with van der Waals surface area (Å²) in [5.74, 6) is -2.26. The van der Waals surface area contributed by atoms with Crippen molar-refractivity contribution in [1.29, 1.82) is 0 Å². The van der Waals surface area contributed by atoms with Crippen molar-refractivity contribution in [3.8, 4) is 5.75 Å². The van der Waals surface area contributed by atoms with E-state index in [1.54, 1.807) is 52.3 Å². The lowest BCUT2D eigenvalue weighted by Gasteiger charge is -2.42. The molecule has 2 saturated heterocycles. The Balaban J connectivity index is 2.31. The van der Waals surface area contributed by atoms with E-state index in [1.165, 1.54) is 36.6 Å². The summed E-state index contributed by atoms with van der Waals surface area (Å²) in [5, 5.41) is 9.99. The third kappa shape index (κ3) is 11.0. The van der Waals surface area contributed by atoms with Gasteiger partial charge in [0.05, 0.1) is 0 Å². The molecule has 0 spiro atoms. The molecule has 0 aromatic heterocycles. The van der Waals surface area contributed by atoms with Crippen molar-refractivity contribution in [1.82, 2.24) is 29.4 Å². The van der Waals surface area contributed by atoms with Gasteiger partial charge in [-0.1, -0.05) is 67.5 Å². The minimum Gasteiger partial charge on any atom is -0.508 e. The lowest BCUT2D eigenvalue weighted by molar-refractivity contribution is -0.159. The monoisotopic (exact) mass is 783 g/mol. The van der Waals surface area contributed by atoms with E-state index < -0.39 is 54.0 Å². The number of amides is 6. The van der Waals surface area contributed by atoms with Gasteiger partial charge < -0.3 is 34.5 Å². The Labute approximate surface area is 335 Å². The molecule has 2 aliphatic heterocycles. The molecule has 1 aromatic rings. The van der Waals surface area contributed by atoms with Crippen molar-refractivity contribution in [2.24, 2.45) is 23.7 Å². The van der Waals surface area contributed by atoms with Gasteiger partial charge in [-0.2, -0.15) is 0 Å². The smallest absolute Gasteiger partial charge is 0.246 e. The molecule has 2 aliphatic rings. The third-order valence-electron chi connectivity index (χ3n) is 11.5. The Morgan fingerprint density at radius 2 is 0.821 bits per heavy atom. The van der Waals surface area contributed by atoms with Crippen LogP contribution in [0.15, 0.2) is 24.3 Å². The van der Waals surface area contributed by atoms with Gasteiger partial charge in [0.25, 0.3) is 0 Å². The lowest BCUT2D eigenvalue weighted by atomic mass is 9.94. The van der Waals surface area contributed by atoms with Gasteiger partial charge >= 0.3 is 0 Å². The van der Waals surface area contributed by atoms with Gasteiger partial charge in [-0.15, -0.1) is 0 Å². The minimum absolute atomic E-state index is 0.00564. The van der Waals surface area contributed by atoms with E-state index in [-0.39, 0.29) is 53.6 Å². The van der Waals surface area contributed by atoms with Crippen molar-refractivity contribution in [3.63, 3.8) is 0 Å². The van der Waals surface area contributed by atoms with Gasteiger partial charge in [0.15, 0.2) is 0 Å². The number of hydrogen-bond donors (Lipinski definition) is 1. The van der Waals surface area contributed by atoms with Gasteiger partial charge in [0.1, 0.15) is 42.0 Å². The first-order valence-corrected chi connectivity index (χ1v) is 20.5. The number of fused-ring (bicyclic) bond motifs is 1. The van der Waals surface area contributed by atoms with E-state index in [0.717, 1.165) is 0 Å². The molecule has 0 bridgehead atoms. The number of phenolic OH excluding ortho intramolecular Hbond substituents is 1. The summed E-state index contributed by atoms with van der Waals surface area (Å²) < 4.78 is 0. The number of phenols is 1.